The molecule has 1 saturated heterocycles. The van der Waals surface area contributed by atoms with Gasteiger partial charge < -0.3 is 4.90 Å². The zero-order valence-corrected chi connectivity index (χ0v) is 17.1. The summed E-state index contributed by atoms with van der Waals surface area (Å²) < 4.78 is 40.8. The predicted molar refractivity (Wildman–Crippen MR) is 106 cm³/mol. The number of nitrogens with one attached hydrogen (secondary N) is 1. The van der Waals surface area contributed by atoms with Gasteiger partial charge in [-0.05, 0) is 69.2 Å². The Labute approximate surface area is 165 Å². The first-order valence-corrected chi connectivity index (χ1v) is 10.7. The molecule has 3 rings (SSSR count). The van der Waals surface area contributed by atoms with Gasteiger partial charge >= 0.3 is 0 Å². The van der Waals surface area contributed by atoms with Crippen LogP contribution >= 0.6 is 0 Å². The van der Waals surface area contributed by atoms with E-state index in [9.17, 15) is 17.6 Å². The summed E-state index contributed by atoms with van der Waals surface area (Å²) in [5.41, 5.74) is 0.744. The third kappa shape index (κ3) is 4.77. The smallest absolute Gasteiger partial charge is 0.253 e. The average Bonchev–Trinajstić information content (AvgIpc) is 3.09. The van der Waals surface area contributed by atoms with E-state index in [1.165, 1.54) is 36.4 Å². The third-order valence-corrected chi connectivity index (χ3v) is 6.42. The number of hydrogen-bond acceptors (Lipinski definition) is 3. The average molecular weight is 405 g/mol. The second-order valence-corrected chi connectivity index (χ2v) is 9.85. The van der Waals surface area contributed by atoms with Gasteiger partial charge in [-0.1, -0.05) is 12.1 Å². The highest BCUT2D eigenvalue weighted by atomic mass is 32.2. The molecule has 5 nitrogen and oxygen atoms in total. The van der Waals surface area contributed by atoms with Gasteiger partial charge in [-0.15, -0.1) is 0 Å². The molecular formula is C21H25FN2O3S. The molecule has 2 aromatic carbocycles. The summed E-state index contributed by atoms with van der Waals surface area (Å²) in [6.07, 6.45) is 0.775. The van der Waals surface area contributed by atoms with Crippen molar-refractivity contribution in [3.8, 4) is 0 Å². The molecule has 1 fully saturated rings. The fraction of sp³-hybridized carbons (Fsp3) is 0.381. The molecule has 1 aliphatic rings. The molecule has 0 saturated carbocycles. The quantitative estimate of drug-likeness (QED) is 0.848. The fourth-order valence-electron chi connectivity index (χ4n) is 3.40. The Balaban J connectivity index is 1.70. The number of sulfonamides is 1. The molecule has 1 atom stereocenters. The number of rotatable bonds is 4. The van der Waals surface area contributed by atoms with Gasteiger partial charge in [-0.2, -0.15) is 0 Å². The van der Waals surface area contributed by atoms with E-state index < -0.39 is 15.6 Å². The van der Waals surface area contributed by atoms with Crippen molar-refractivity contribution < 1.29 is 17.6 Å². The molecule has 7 heteroatoms. The first-order chi connectivity index (χ1) is 13.0. The van der Waals surface area contributed by atoms with Crippen LogP contribution in [-0.2, 0) is 10.0 Å². The van der Waals surface area contributed by atoms with Crippen LogP contribution in [0.3, 0.4) is 0 Å². The van der Waals surface area contributed by atoms with Gasteiger partial charge in [0.2, 0.25) is 10.0 Å². The Kier molecular flexibility index (Phi) is 5.59. The highest BCUT2D eigenvalue weighted by Gasteiger charge is 2.28. The summed E-state index contributed by atoms with van der Waals surface area (Å²) in [6, 6.07) is 12.4. The highest BCUT2D eigenvalue weighted by molar-refractivity contribution is 7.89. The number of carbonyl (C=O) groups excluding carboxylic acids is 1. The topological polar surface area (TPSA) is 66.5 Å². The van der Waals surface area contributed by atoms with Gasteiger partial charge in [-0.3, -0.25) is 4.79 Å². The van der Waals surface area contributed by atoms with E-state index in [0.29, 0.717) is 18.7 Å². The molecular weight excluding hydrogens is 379 g/mol. The fourth-order valence-corrected chi connectivity index (χ4v) is 4.82. The van der Waals surface area contributed by atoms with Crippen molar-refractivity contribution in [2.24, 2.45) is 0 Å². The molecule has 0 aliphatic carbocycles. The van der Waals surface area contributed by atoms with Crippen molar-refractivity contribution in [3.05, 3.63) is 65.5 Å². The lowest BCUT2D eigenvalue weighted by molar-refractivity contribution is 0.0790. The normalized spacial score (nSPS) is 17.7. The standard InChI is InChI=1S/C21H25FN2O3S/c1-21(2,3)23-28(26,27)19-9-7-15(8-10-19)20(25)24-12-11-17(14-24)16-5-4-6-18(22)13-16/h4-10,13,17,23H,11-12,14H2,1-3H3/t17-/m1/s1. The van der Waals surface area contributed by atoms with Crippen molar-refractivity contribution >= 4 is 15.9 Å². The molecule has 1 amide bonds. The van der Waals surface area contributed by atoms with Crippen LogP contribution in [0.25, 0.3) is 0 Å². The summed E-state index contributed by atoms with van der Waals surface area (Å²) in [5.74, 6) is -0.315. The van der Waals surface area contributed by atoms with Gasteiger partial charge in [-0.25, -0.2) is 17.5 Å². The molecule has 2 aromatic rings. The number of halogens is 1. The molecule has 1 aliphatic heterocycles. The molecule has 150 valence electrons. The monoisotopic (exact) mass is 404 g/mol. The van der Waals surface area contributed by atoms with Gasteiger partial charge in [0.05, 0.1) is 4.90 Å². The summed E-state index contributed by atoms with van der Waals surface area (Å²) >= 11 is 0. The zero-order valence-electron chi connectivity index (χ0n) is 16.3. The predicted octanol–water partition coefficient (Wildman–Crippen LogP) is 3.53. The van der Waals surface area contributed by atoms with E-state index in [4.69, 9.17) is 0 Å². The molecule has 1 N–H and O–H groups in total. The maximum atomic E-state index is 13.4. The van der Waals surface area contributed by atoms with Crippen molar-refractivity contribution in [3.63, 3.8) is 0 Å². The van der Waals surface area contributed by atoms with Gasteiger partial charge in [0.15, 0.2) is 0 Å². The lowest BCUT2D eigenvalue weighted by Gasteiger charge is -2.20. The van der Waals surface area contributed by atoms with E-state index >= 15 is 0 Å². The van der Waals surface area contributed by atoms with Crippen LogP contribution in [0.15, 0.2) is 53.4 Å². The van der Waals surface area contributed by atoms with Crippen molar-refractivity contribution in [1.29, 1.82) is 0 Å². The minimum Gasteiger partial charge on any atom is -0.338 e. The molecule has 0 radical (unpaired) electrons. The van der Waals surface area contributed by atoms with E-state index in [-0.39, 0.29) is 22.5 Å². The van der Waals surface area contributed by atoms with Crippen molar-refractivity contribution in [2.45, 2.75) is 43.5 Å². The maximum Gasteiger partial charge on any atom is 0.253 e. The van der Waals surface area contributed by atoms with Crippen LogP contribution in [-0.4, -0.2) is 37.9 Å². The number of likely N-dealkylation sites (tertiary alicyclic amines) is 1. The molecule has 0 aromatic heterocycles. The van der Waals surface area contributed by atoms with Crippen LogP contribution in [0.1, 0.15) is 49.0 Å². The summed E-state index contributed by atoms with van der Waals surface area (Å²) in [5, 5.41) is 0. The van der Waals surface area contributed by atoms with Crippen LogP contribution < -0.4 is 4.72 Å². The third-order valence-electron chi connectivity index (χ3n) is 4.65. The number of hydrogen-bond donors (Lipinski definition) is 1. The summed E-state index contributed by atoms with van der Waals surface area (Å²) in [4.78, 5) is 14.6. The Morgan fingerprint density at radius 2 is 1.82 bits per heavy atom. The first kappa shape index (κ1) is 20.5. The lowest BCUT2D eigenvalue weighted by atomic mass is 9.98. The number of benzene rings is 2. The Morgan fingerprint density at radius 3 is 2.43 bits per heavy atom. The Bertz CT molecular complexity index is 966. The van der Waals surface area contributed by atoms with Gasteiger partial charge in [0.1, 0.15) is 5.82 Å². The summed E-state index contributed by atoms with van der Waals surface area (Å²) in [6.45, 7) is 6.42. The van der Waals surface area contributed by atoms with Crippen LogP contribution in [0, 0.1) is 5.82 Å². The Morgan fingerprint density at radius 1 is 1.14 bits per heavy atom. The number of carbonyl (C=O) groups is 1. The van der Waals surface area contributed by atoms with E-state index in [1.54, 1.807) is 31.7 Å². The molecule has 28 heavy (non-hydrogen) atoms. The first-order valence-electron chi connectivity index (χ1n) is 9.24. The second-order valence-electron chi connectivity index (χ2n) is 8.17. The Hall–Kier alpha value is -2.25. The summed E-state index contributed by atoms with van der Waals surface area (Å²) in [7, 11) is -3.64. The van der Waals surface area contributed by atoms with Crippen molar-refractivity contribution in [1.82, 2.24) is 9.62 Å². The van der Waals surface area contributed by atoms with Crippen LogP contribution in [0.2, 0.25) is 0 Å². The largest absolute Gasteiger partial charge is 0.338 e. The SMILES string of the molecule is CC(C)(C)NS(=O)(=O)c1ccc(C(=O)N2CC[C@@H](c3cccc(F)c3)C2)cc1. The number of amides is 1. The van der Waals surface area contributed by atoms with E-state index in [0.717, 1.165) is 12.0 Å². The van der Waals surface area contributed by atoms with Crippen molar-refractivity contribution in [2.75, 3.05) is 13.1 Å². The minimum absolute atomic E-state index is 0.107. The highest BCUT2D eigenvalue weighted by Crippen LogP contribution is 2.28. The lowest BCUT2D eigenvalue weighted by Crippen LogP contribution is -2.40. The number of nitrogens with zero attached hydrogens (tertiary/aromatic N) is 1. The maximum absolute atomic E-state index is 13.4. The van der Waals surface area contributed by atoms with Gasteiger partial charge in [0, 0.05) is 30.1 Å². The van der Waals surface area contributed by atoms with Crippen LogP contribution in [0.4, 0.5) is 4.39 Å². The van der Waals surface area contributed by atoms with Crippen LogP contribution in [0.5, 0.6) is 0 Å². The molecule has 0 unspecified atom stereocenters. The minimum atomic E-state index is -3.64. The van der Waals surface area contributed by atoms with E-state index in [2.05, 4.69) is 4.72 Å². The van der Waals surface area contributed by atoms with E-state index in [1.807, 2.05) is 6.07 Å². The molecule has 0 bridgehead atoms. The second kappa shape index (κ2) is 7.64. The van der Waals surface area contributed by atoms with Gasteiger partial charge in [0.25, 0.3) is 5.91 Å². The molecule has 1 heterocycles. The zero-order chi connectivity index (χ0) is 20.5. The molecule has 0 spiro atoms.